The topological polar surface area (TPSA) is 56.8 Å². The van der Waals surface area contributed by atoms with Crippen molar-refractivity contribution >= 4 is 5.91 Å². The van der Waals surface area contributed by atoms with Gasteiger partial charge in [-0.3, -0.25) is 4.79 Å². The number of amides is 1. The SMILES string of the molecule is COc1ccc(OC(C)C(=O)NCC2(c3ccc(F)cc3)CCOCC2)cc1. The number of carbonyl (C=O) groups is 1. The molecule has 0 radical (unpaired) electrons. The Labute approximate surface area is 164 Å². The molecule has 150 valence electrons. The van der Waals surface area contributed by atoms with Gasteiger partial charge in [-0.15, -0.1) is 0 Å². The summed E-state index contributed by atoms with van der Waals surface area (Å²) in [6, 6.07) is 13.6. The largest absolute Gasteiger partial charge is 0.497 e. The lowest BCUT2D eigenvalue weighted by molar-refractivity contribution is -0.127. The fourth-order valence-electron chi connectivity index (χ4n) is 3.45. The first-order valence-electron chi connectivity index (χ1n) is 9.45. The number of benzene rings is 2. The smallest absolute Gasteiger partial charge is 0.260 e. The van der Waals surface area contributed by atoms with Gasteiger partial charge in [0.2, 0.25) is 0 Å². The zero-order valence-corrected chi connectivity index (χ0v) is 16.2. The summed E-state index contributed by atoms with van der Waals surface area (Å²) in [5, 5.41) is 3.01. The Bertz CT molecular complexity index is 770. The van der Waals surface area contributed by atoms with E-state index in [1.807, 2.05) is 0 Å². The summed E-state index contributed by atoms with van der Waals surface area (Å²) in [7, 11) is 1.60. The molecule has 28 heavy (non-hydrogen) atoms. The van der Waals surface area contributed by atoms with Crippen LogP contribution in [0.1, 0.15) is 25.3 Å². The number of hydrogen-bond acceptors (Lipinski definition) is 4. The van der Waals surface area contributed by atoms with Gasteiger partial charge in [0.1, 0.15) is 17.3 Å². The molecule has 0 aliphatic carbocycles. The maximum Gasteiger partial charge on any atom is 0.260 e. The third-order valence-corrected chi connectivity index (χ3v) is 5.25. The van der Waals surface area contributed by atoms with Crippen LogP contribution in [0.4, 0.5) is 4.39 Å². The standard InChI is InChI=1S/C22H26FNO4/c1-16(28-20-9-7-19(26-2)8-10-20)21(25)24-15-22(11-13-27-14-12-22)17-3-5-18(23)6-4-17/h3-10,16H,11-15H2,1-2H3,(H,24,25). The van der Waals surface area contributed by atoms with Crippen molar-refractivity contribution in [2.24, 2.45) is 0 Å². The van der Waals surface area contributed by atoms with Crippen molar-refractivity contribution in [1.82, 2.24) is 5.32 Å². The number of halogens is 1. The Morgan fingerprint density at radius 1 is 1.11 bits per heavy atom. The van der Waals surface area contributed by atoms with Gasteiger partial charge < -0.3 is 19.5 Å². The van der Waals surface area contributed by atoms with Crippen LogP contribution in [0.15, 0.2) is 48.5 Å². The van der Waals surface area contributed by atoms with Gasteiger partial charge in [-0.05, 0) is 61.7 Å². The van der Waals surface area contributed by atoms with Crippen LogP contribution in [-0.2, 0) is 14.9 Å². The van der Waals surface area contributed by atoms with E-state index in [0.29, 0.717) is 25.5 Å². The normalized spacial score (nSPS) is 16.8. The number of ether oxygens (including phenoxy) is 3. The van der Waals surface area contributed by atoms with Crippen LogP contribution in [0, 0.1) is 5.82 Å². The molecule has 1 aliphatic rings. The zero-order chi connectivity index (χ0) is 20.0. The number of nitrogens with one attached hydrogen (secondary N) is 1. The fourth-order valence-corrected chi connectivity index (χ4v) is 3.45. The fraction of sp³-hybridized carbons (Fsp3) is 0.409. The van der Waals surface area contributed by atoms with E-state index in [0.717, 1.165) is 24.2 Å². The molecule has 1 atom stereocenters. The highest BCUT2D eigenvalue weighted by Crippen LogP contribution is 2.34. The molecule has 0 saturated carbocycles. The van der Waals surface area contributed by atoms with Crippen LogP contribution in [-0.4, -0.2) is 38.9 Å². The highest BCUT2D eigenvalue weighted by molar-refractivity contribution is 5.80. The second-order valence-electron chi connectivity index (χ2n) is 7.05. The zero-order valence-electron chi connectivity index (χ0n) is 16.2. The molecule has 0 bridgehead atoms. The summed E-state index contributed by atoms with van der Waals surface area (Å²) in [4.78, 5) is 12.6. The first-order chi connectivity index (χ1) is 13.5. The molecule has 1 aliphatic heterocycles. The van der Waals surface area contributed by atoms with Gasteiger partial charge >= 0.3 is 0 Å². The van der Waals surface area contributed by atoms with Crippen molar-refractivity contribution in [3.63, 3.8) is 0 Å². The number of hydrogen-bond donors (Lipinski definition) is 1. The van der Waals surface area contributed by atoms with E-state index in [9.17, 15) is 9.18 Å². The summed E-state index contributed by atoms with van der Waals surface area (Å²) < 4.78 is 29.7. The van der Waals surface area contributed by atoms with Gasteiger partial charge in [0.05, 0.1) is 7.11 Å². The highest BCUT2D eigenvalue weighted by Gasteiger charge is 2.35. The monoisotopic (exact) mass is 387 g/mol. The van der Waals surface area contributed by atoms with Crippen LogP contribution in [0.25, 0.3) is 0 Å². The van der Waals surface area contributed by atoms with Gasteiger partial charge in [0.15, 0.2) is 6.10 Å². The molecular weight excluding hydrogens is 361 g/mol. The number of rotatable bonds is 7. The average molecular weight is 387 g/mol. The summed E-state index contributed by atoms with van der Waals surface area (Å²) in [6.07, 6.45) is 0.901. The minimum absolute atomic E-state index is 0.191. The summed E-state index contributed by atoms with van der Waals surface area (Å²) >= 11 is 0. The van der Waals surface area contributed by atoms with E-state index in [1.165, 1.54) is 12.1 Å². The lowest BCUT2D eigenvalue weighted by atomic mass is 9.74. The number of methoxy groups -OCH3 is 1. The predicted octanol–water partition coefficient (Wildman–Crippen LogP) is 3.47. The maximum absolute atomic E-state index is 13.3. The molecule has 1 amide bonds. The van der Waals surface area contributed by atoms with E-state index in [2.05, 4.69) is 5.32 Å². The molecule has 1 unspecified atom stereocenters. The van der Waals surface area contributed by atoms with Crippen LogP contribution in [0.3, 0.4) is 0 Å². The Morgan fingerprint density at radius 3 is 2.32 bits per heavy atom. The minimum atomic E-state index is -0.640. The first kappa shape index (κ1) is 20.1. The lowest BCUT2D eigenvalue weighted by Gasteiger charge is -2.38. The Kier molecular flexibility index (Phi) is 6.52. The number of carbonyl (C=O) groups excluding carboxylic acids is 1. The molecular formula is C22H26FNO4. The molecule has 1 N–H and O–H groups in total. The van der Waals surface area contributed by atoms with Crippen molar-refractivity contribution < 1.29 is 23.4 Å². The van der Waals surface area contributed by atoms with Gasteiger partial charge in [-0.2, -0.15) is 0 Å². The molecule has 1 fully saturated rings. The van der Waals surface area contributed by atoms with Crippen LogP contribution in [0.2, 0.25) is 0 Å². The molecule has 6 heteroatoms. The quantitative estimate of drug-likeness (QED) is 0.791. The first-order valence-corrected chi connectivity index (χ1v) is 9.45. The summed E-state index contributed by atoms with van der Waals surface area (Å²) in [5.74, 6) is 0.869. The molecule has 2 aromatic carbocycles. The lowest BCUT2D eigenvalue weighted by Crippen LogP contribution is -2.47. The van der Waals surface area contributed by atoms with E-state index in [4.69, 9.17) is 14.2 Å². The molecule has 3 rings (SSSR count). The van der Waals surface area contributed by atoms with Crippen molar-refractivity contribution in [2.75, 3.05) is 26.9 Å². The Balaban J connectivity index is 1.63. The second-order valence-corrected chi connectivity index (χ2v) is 7.05. The van der Waals surface area contributed by atoms with Crippen molar-refractivity contribution in [3.8, 4) is 11.5 Å². The molecule has 1 heterocycles. The third-order valence-electron chi connectivity index (χ3n) is 5.25. The van der Waals surface area contributed by atoms with E-state index < -0.39 is 6.10 Å². The van der Waals surface area contributed by atoms with E-state index >= 15 is 0 Å². The Morgan fingerprint density at radius 2 is 1.71 bits per heavy atom. The predicted molar refractivity (Wildman–Crippen MR) is 104 cm³/mol. The van der Waals surface area contributed by atoms with E-state index in [-0.39, 0.29) is 17.1 Å². The van der Waals surface area contributed by atoms with Crippen LogP contribution < -0.4 is 14.8 Å². The summed E-state index contributed by atoms with van der Waals surface area (Å²) in [6.45, 7) is 3.40. The molecule has 5 nitrogen and oxygen atoms in total. The van der Waals surface area contributed by atoms with Crippen LogP contribution >= 0.6 is 0 Å². The van der Waals surface area contributed by atoms with E-state index in [1.54, 1.807) is 50.4 Å². The summed E-state index contributed by atoms with van der Waals surface area (Å²) in [5.41, 5.74) is 0.753. The van der Waals surface area contributed by atoms with Crippen LogP contribution in [0.5, 0.6) is 11.5 Å². The second kappa shape index (κ2) is 9.06. The molecule has 2 aromatic rings. The molecule has 0 aromatic heterocycles. The molecule has 0 spiro atoms. The van der Waals surface area contributed by atoms with Crippen molar-refractivity contribution in [2.45, 2.75) is 31.3 Å². The minimum Gasteiger partial charge on any atom is -0.497 e. The maximum atomic E-state index is 13.3. The van der Waals surface area contributed by atoms with Gasteiger partial charge in [-0.1, -0.05) is 12.1 Å². The molecule has 1 saturated heterocycles. The van der Waals surface area contributed by atoms with Crippen molar-refractivity contribution in [1.29, 1.82) is 0 Å². The van der Waals surface area contributed by atoms with Crippen molar-refractivity contribution in [3.05, 3.63) is 59.9 Å². The third kappa shape index (κ3) is 4.81. The van der Waals surface area contributed by atoms with Gasteiger partial charge in [0, 0.05) is 25.2 Å². The highest BCUT2D eigenvalue weighted by atomic mass is 19.1. The average Bonchev–Trinajstić information content (AvgIpc) is 2.73. The van der Waals surface area contributed by atoms with Gasteiger partial charge in [0.25, 0.3) is 5.91 Å². The van der Waals surface area contributed by atoms with Gasteiger partial charge in [-0.25, -0.2) is 4.39 Å². The Hall–Kier alpha value is -2.60.